The van der Waals surface area contributed by atoms with Crippen molar-refractivity contribution in [2.45, 2.75) is 65.5 Å². The van der Waals surface area contributed by atoms with Gasteiger partial charge in [0.25, 0.3) is 0 Å². The van der Waals surface area contributed by atoms with E-state index in [1.54, 1.807) is 0 Å². The van der Waals surface area contributed by atoms with Gasteiger partial charge in [-0.1, -0.05) is 43.7 Å². The van der Waals surface area contributed by atoms with Crippen LogP contribution in [0.15, 0.2) is 29.3 Å². The fraction of sp³-hybridized carbons (Fsp3) is 0.708. The Morgan fingerprint density at radius 1 is 1.23 bits per heavy atom. The molecule has 2 N–H and O–H groups in total. The number of nitrogens with one attached hydrogen (secondary N) is 2. The molecule has 2 rings (SSSR count). The Balaban J connectivity index is 0.00000450. The smallest absolute Gasteiger partial charge is 0.191 e. The van der Waals surface area contributed by atoms with E-state index >= 15 is 0 Å². The molecule has 1 aliphatic rings. The zero-order valence-corrected chi connectivity index (χ0v) is 21.9. The lowest BCUT2D eigenvalue weighted by Crippen LogP contribution is -2.45. The average molecular weight is 531 g/mol. The van der Waals surface area contributed by atoms with E-state index < -0.39 is 0 Å². The van der Waals surface area contributed by atoms with Crippen LogP contribution < -0.4 is 10.6 Å². The second kappa shape index (κ2) is 15.0. The maximum absolute atomic E-state index is 6.16. The molecule has 0 amide bonds. The molecule has 3 unspecified atom stereocenters. The minimum Gasteiger partial charge on any atom is -0.373 e. The highest BCUT2D eigenvalue weighted by atomic mass is 127. The van der Waals surface area contributed by atoms with Gasteiger partial charge in [-0.3, -0.25) is 4.99 Å². The fourth-order valence-corrected chi connectivity index (χ4v) is 4.07. The minimum atomic E-state index is 0. The summed E-state index contributed by atoms with van der Waals surface area (Å²) >= 11 is 0. The topological polar surface area (TPSA) is 48.9 Å². The fourth-order valence-electron chi connectivity index (χ4n) is 4.07. The molecular formula is C24H43IN4O. The second-order valence-electron chi connectivity index (χ2n) is 8.27. The lowest BCUT2D eigenvalue weighted by molar-refractivity contribution is -0.0265. The Bertz CT molecular complexity index is 604. The van der Waals surface area contributed by atoms with Crippen molar-refractivity contribution in [3.63, 3.8) is 0 Å². The van der Waals surface area contributed by atoms with Gasteiger partial charge in [-0.05, 0) is 64.7 Å². The maximum atomic E-state index is 6.16. The van der Waals surface area contributed by atoms with Gasteiger partial charge in [-0.25, -0.2) is 0 Å². The van der Waals surface area contributed by atoms with Crippen LogP contribution in [-0.4, -0.2) is 56.7 Å². The predicted octanol–water partition coefficient (Wildman–Crippen LogP) is 4.76. The molecule has 0 aromatic heterocycles. The summed E-state index contributed by atoms with van der Waals surface area (Å²) in [5.74, 6) is 1.36. The third-order valence-corrected chi connectivity index (χ3v) is 6.00. The van der Waals surface area contributed by atoms with Gasteiger partial charge in [-0.15, -0.1) is 24.0 Å². The first-order valence-corrected chi connectivity index (χ1v) is 11.4. The molecule has 1 saturated heterocycles. The molecule has 172 valence electrons. The molecular weight excluding hydrogens is 487 g/mol. The van der Waals surface area contributed by atoms with Crippen LogP contribution in [0, 0.1) is 12.8 Å². The molecule has 1 heterocycles. The molecule has 0 spiro atoms. The van der Waals surface area contributed by atoms with Gasteiger partial charge in [0.05, 0.1) is 6.10 Å². The van der Waals surface area contributed by atoms with Gasteiger partial charge in [0.1, 0.15) is 0 Å². The Morgan fingerprint density at radius 3 is 2.57 bits per heavy atom. The third kappa shape index (κ3) is 9.10. The van der Waals surface area contributed by atoms with E-state index in [0.717, 1.165) is 45.0 Å². The quantitative estimate of drug-likeness (QED) is 0.260. The third-order valence-electron chi connectivity index (χ3n) is 6.00. The molecule has 0 bridgehead atoms. The summed E-state index contributed by atoms with van der Waals surface area (Å²) in [5.41, 5.74) is 2.58. The largest absolute Gasteiger partial charge is 0.373 e. The molecule has 0 saturated carbocycles. The Labute approximate surface area is 201 Å². The van der Waals surface area contributed by atoms with Crippen molar-refractivity contribution in [2.75, 3.05) is 39.8 Å². The van der Waals surface area contributed by atoms with Gasteiger partial charge >= 0.3 is 0 Å². The van der Waals surface area contributed by atoms with Crippen LogP contribution in [0.25, 0.3) is 0 Å². The zero-order chi connectivity index (χ0) is 21.1. The summed E-state index contributed by atoms with van der Waals surface area (Å²) in [6.45, 7) is 14.0. The van der Waals surface area contributed by atoms with Crippen LogP contribution in [-0.2, 0) is 4.74 Å². The average Bonchev–Trinajstić information content (AvgIpc) is 2.75. The van der Waals surface area contributed by atoms with Crippen molar-refractivity contribution in [3.8, 4) is 0 Å². The summed E-state index contributed by atoms with van der Waals surface area (Å²) in [6, 6.07) is 9.19. The highest BCUT2D eigenvalue weighted by Crippen LogP contribution is 2.33. The predicted molar refractivity (Wildman–Crippen MR) is 139 cm³/mol. The molecule has 6 heteroatoms. The number of guanidine groups is 1. The van der Waals surface area contributed by atoms with Gasteiger partial charge in [-0.2, -0.15) is 0 Å². The normalized spacial score (nSPS) is 20.5. The minimum absolute atomic E-state index is 0. The first kappa shape index (κ1) is 27.2. The number of aliphatic imine (C=N–C) groups is 1. The lowest BCUT2D eigenvalue weighted by Gasteiger charge is -2.33. The number of ether oxygens (including phenoxy) is 1. The van der Waals surface area contributed by atoms with Crippen LogP contribution in [0.1, 0.15) is 63.7 Å². The SMILES string of the molecule is CCN(CC)CCCC(C)NC(=NC)NCC1CCCOC1c1ccc(C)cc1.I. The summed E-state index contributed by atoms with van der Waals surface area (Å²) in [6.07, 6.45) is 4.83. The van der Waals surface area contributed by atoms with E-state index in [2.05, 4.69) is 72.5 Å². The zero-order valence-electron chi connectivity index (χ0n) is 19.6. The number of rotatable bonds is 10. The molecule has 3 atom stereocenters. The first-order valence-electron chi connectivity index (χ1n) is 11.4. The number of halogens is 1. The Kier molecular flexibility index (Phi) is 13.6. The highest BCUT2D eigenvalue weighted by molar-refractivity contribution is 14.0. The maximum Gasteiger partial charge on any atom is 0.191 e. The monoisotopic (exact) mass is 530 g/mol. The van der Waals surface area contributed by atoms with Crippen molar-refractivity contribution in [1.29, 1.82) is 0 Å². The Hall–Kier alpha value is -0.860. The van der Waals surface area contributed by atoms with Crippen LogP contribution in [0.5, 0.6) is 0 Å². The molecule has 0 radical (unpaired) electrons. The molecule has 1 aromatic rings. The van der Waals surface area contributed by atoms with Gasteiger partial charge in [0, 0.05) is 32.2 Å². The van der Waals surface area contributed by atoms with Crippen LogP contribution in [0.2, 0.25) is 0 Å². The van der Waals surface area contributed by atoms with Crippen molar-refractivity contribution in [1.82, 2.24) is 15.5 Å². The van der Waals surface area contributed by atoms with Crippen molar-refractivity contribution in [2.24, 2.45) is 10.9 Å². The van der Waals surface area contributed by atoms with E-state index in [9.17, 15) is 0 Å². The van der Waals surface area contributed by atoms with Crippen molar-refractivity contribution in [3.05, 3.63) is 35.4 Å². The summed E-state index contributed by atoms with van der Waals surface area (Å²) in [4.78, 5) is 6.92. The van der Waals surface area contributed by atoms with E-state index in [1.165, 1.54) is 30.5 Å². The van der Waals surface area contributed by atoms with Crippen LogP contribution in [0.3, 0.4) is 0 Å². The van der Waals surface area contributed by atoms with E-state index in [1.807, 2.05) is 7.05 Å². The van der Waals surface area contributed by atoms with E-state index in [4.69, 9.17) is 4.74 Å². The van der Waals surface area contributed by atoms with Gasteiger partial charge < -0.3 is 20.3 Å². The van der Waals surface area contributed by atoms with E-state index in [-0.39, 0.29) is 30.1 Å². The lowest BCUT2D eigenvalue weighted by atomic mass is 9.89. The summed E-state index contributed by atoms with van der Waals surface area (Å²) in [7, 11) is 1.85. The highest BCUT2D eigenvalue weighted by Gasteiger charge is 2.27. The molecule has 1 fully saturated rings. The number of hydrogen-bond donors (Lipinski definition) is 2. The summed E-state index contributed by atoms with van der Waals surface area (Å²) in [5, 5.41) is 7.11. The summed E-state index contributed by atoms with van der Waals surface area (Å²) < 4.78 is 6.16. The van der Waals surface area contributed by atoms with Crippen LogP contribution >= 0.6 is 24.0 Å². The van der Waals surface area contributed by atoms with Gasteiger partial charge in [0.15, 0.2) is 5.96 Å². The first-order chi connectivity index (χ1) is 14.1. The number of hydrogen-bond acceptors (Lipinski definition) is 3. The van der Waals surface area contributed by atoms with Crippen molar-refractivity contribution < 1.29 is 4.74 Å². The Morgan fingerprint density at radius 2 is 1.93 bits per heavy atom. The number of aryl methyl sites for hydroxylation is 1. The standard InChI is InChI=1S/C24H42N4O.HI/c1-6-28(7-2)16-8-10-20(4)27-24(25-5)26-18-22-11-9-17-29-23(22)21-14-12-19(3)13-15-21;/h12-15,20,22-23H,6-11,16-18H2,1-5H3,(H2,25,26,27);1H. The number of benzene rings is 1. The van der Waals surface area contributed by atoms with Gasteiger partial charge in [0.2, 0.25) is 0 Å². The van der Waals surface area contributed by atoms with Crippen LogP contribution in [0.4, 0.5) is 0 Å². The molecule has 5 nitrogen and oxygen atoms in total. The second-order valence-corrected chi connectivity index (χ2v) is 8.27. The van der Waals surface area contributed by atoms with Crippen molar-refractivity contribution >= 4 is 29.9 Å². The number of nitrogens with zero attached hydrogens (tertiary/aromatic N) is 2. The molecule has 1 aliphatic heterocycles. The molecule has 0 aliphatic carbocycles. The van der Waals surface area contributed by atoms with E-state index in [0.29, 0.717) is 12.0 Å². The molecule has 30 heavy (non-hydrogen) atoms. The molecule has 1 aromatic carbocycles.